The van der Waals surface area contributed by atoms with Crippen molar-refractivity contribution < 1.29 is 32.6 Å². The van der Waals surface area contributed by atoms with Gasteiger partial charge in [0.1, 0.15) is 6.10 Å². The molecule has 0 spiro atoms. The van der Waals surface area contributed by atoms with Crippen LogP contribution in [0.1, 0.15) is 62.6 Å². The number of aromatic nitrogens is 4. The van der Waals surface area contributed by atoms with Crippen LogP contribution in [-0.4, -0.2) is 98.6 Å². The lowest BCUT2D eigenvalue weighted by molar-refractivity contribution is -0.209. The van der Waals surface area contributed by atoms with Crippen molar-refractivity contribution >= 4 is 34.8 Å². The van der Waals surface area contributed by atoms with E-state index in [0.717, 1.165) is 43.6 Å². The summed E-state index contributed by atoms with van der Waals surface area (Å²) in [5.41, 5.74) is 2.77. The smallest absolute Gasteiger partial charge is 0.451 e. The quantitative estimate of drug-likeness (QED) is 0.141. The Morgan fingerprint density at radius 1 is 0.962 bits per heavy atom. The number of hydrogen-bond donors (Lipinski definition) is 4. The van der Waals surface area contributed by atoms with Crippen molar-refractivity contribution in [3.8, 4) is 0 Å². The van der Waals surface area contributed by atoms with Crippen molar-refractivity contribution in [3.05, 3.63) is 78.1 Å². The fourth-order valence-electron chi connectivity index (χ4n) is 6.96. The fourth-order valence-corrected chi connectivity index (χ4v) is 6.96. The summed E-state index contributed by atoms with van der Waals surface area (Å²) in [6.07, 6.45) is -3.73. The molecule has 4 atom stereocenters. The number of ether oxygens (including phenoxy) is 1. The van der Waals surface area contributed by atoms with E-state index in [-0.39, 0.29) is 23.9 Å². The Morgan fingerprint density at radius 2 is 1.62 bits per heavy atom. The summed E-state index contributed by atoms with van der Waals surface area (Å²) < 4.78 is 46.7. The van der Waals surface area contributed by atoms with Crippen LogP contribution < -0.4 is 16.0 Å². The molecule has 0 unspecified atom stereocenters. The monoisotopic (exact) mass is 722 g/mol. The first-order chi connectivity index (χ1) is 25.0. The molecular formula is C37H45F3N8O4. The van der Waals surface area contributed by atoms with Crippen LogP contribution in [-0.2, 0) is 14.3 Å². The number of alkyl halides is 3. The molecule has 52 heavy (non-hydrogen) atoms. The third kappa shape index (κ3) is 8.64. The van der Waals surface area contributed by atoms with Crippen LogP contribution in [0.2, 0.25) is 0 Å². The molecule has 12 nitrogen and oxygen atoms in total. The summed E-state index contributed by atoms with van der Waals surface area (Å²) in [6.45, 7) is 7.09. The Balaban J connectivity index is 1.35. The Labute approximate surface area is 300 Å². The lowest BCUT2D eigenvalue weighted by Gasteiger charge is -2.26. The zero-order valence-corrected chi connectivity index (χ0v) is 29.2. The highest BCUT2D eigenvalue weighted by Crippen LogP contribution is 2.38. The van der Waals surface area contributed by atoms with Gasteiger partial charge in [-0.3, -0.25) is 4.79 Å². The number of anilines is 2. The predicted molar refractivity (Wildman–Crippen MR) is 190 cm³/mol. The number of hydrogen-bond acceptors (Lipinski definition) is 10. The molecule has 0 bridgehead atoms. The van der Waals surface area contributed by atoms with E-state index in [1.54, 1.807) is 13.8 Å². The number of aliphatic hydroxyl groups excluding tert-OH is 1. The number of esters is 1. The number of benzene rings is 2. The van der Waals surface area contributed by atoms with Gasteiger partial charge in [-0.25, -0.2) is 9.78 Å². The molecule has 15 heteroatoms. The normalized spacial score (nSPS) is 21.1. The standard InChI is InChI=1S/C37H45F3N8O4/c1-23(2)34(50)44-27-20-28(31(30(27)49)52-35(51)37(38,39)40)48-22-43-29-32(45-36(46-33(29)48)41-16-19-47-17-10-5-11-18-47)42-21-26(24-12-6-3-7-13-24)25-14-8-4-9-15-25/h3-4,6-9,12-15,22-23,26-28,30-31,49H,5,10-11,16-21H2,1-2H3,(H,44,50)(H2,41,42,45,46)/t27-,28+,30+,31-/m0/s1. The third-order valence-corrected chi connectivity index (χ3v) is 9.77. The molecule has 4 N–H and O–H groups in total. The molecule has 3 heterocycles. The second kappa shape index (κ2) is 16.3. The van der Waals surface area contributed by atoms with Gasteiger partial charge in [0.05, 0.1) is 18.4 Å². The molecule has 1 aliphatic carbocycles. The van der Waals surface area contributed by atoms with E-state index in [1.165, 1.54) is 17.3 Å². The van der Waals surface area contributed by atoms with Gasteiger partial charge in [-0.2, -0.15) is 23.1 Å². The van der Waals surface area contributed by atoms with Crippen LogP contribution in [0.5, 0.6) is 0 Å². The number of likely N-dealkylation sites (tertiary alicyclic amines) is 1. The first-order valence-corrected chi connectivity index (χ1v) is 17.8. The Morgan fingerprint density at radius 3 is 2.23 bits per heavy atom. The van der Waals surface area contributed by atoms with Crippen molar-refractivity contribution in [2.45, 2.75) is 75.9 Å². The van der Waals surface area contributed by atoms with Crippen molar-refractivity contribution in [1.82, 2.24) is 29.7 Å². The van der Waals surface area contributed by atoms with E-state index in [9.17, 15) is 27.9 Å². The second-order valence-corrected chi connectivity index (χ2v) is 13.7. The molecule has 1 aliphatic heterocycles. The van der Waals surface area contributed by atoms with Gasteiger partial charge < -0.3 is 35.3 Å². The lowest BCUT2D eigenvalue weighted by atomic mass is 9.91. The summed E-state index contributed by atoms with van der Waals surface area (Å²) in [7, 11) is 0. The van der Waals surface area contributed by atoms with Crippen LogP contribution >= 0.6 is 0 Å². The number of amides is 1. The highest BCUT2D eigenvalue weighted by Gasteiger charge is 2.51. The lowest BCUT2D eigenvalue weighted by Crippen LogP contribution is -2.46. The molecule has 0 radical (unpaired) electrons. The van der Waals surface area contributed by atoms with E-state index in [4.69, 9.17) is 14.7 Å². The Kier molecular flexibility index (Phi) is 11.6. The number of piperidine rings is 1. The van der Waals surface area contributed by atoms with Crippen molar-refractivity contribution in [2.24, 2.45) is 5.92 Å². The molecule has 1 saturated heterocycles. The van der Waals surface area contributed by atoms with Gasteiger partial charge in [0.2, 0.25) is 11.9 Å². The average molecular weight is 723 g/mol. The number of nitrogens with zero attached hydrogens (tertiary/aromatic N) is 5. The molecule has 4 aromatic rings. The summed E-state index contributed by atoms with van der Waals surface area (Å²) >= 11 is 0. The van der Waals surface area contributed by atoms with Crippen LogP contribution in [0, 0.1) is 5.92 Å². The first-order valence-electron chi connectivity index (χ1n) is 17.8. The van der Waals surface area contributed by atoms with Crippen molar-refractivity contribution in [1.29, 1.82) is 0 Å². The van der Waals surface area contributed by atoms with E-state index in [1.807, 2.05) is 36.4 Å². The largest absolute Gasteiger partial charge is 0.490 e. The molecule has 1 amide bonds. The molecule has 1 saturated carbocycles. The van der Waals surface area contributed by atoms with Crippen LogP contribution in [0.25, 0.3) is 11.2 Å². The van der Waals surface area contributed by atoms with Gasteiger partial charge in [0.25, 0.3) is 0 Å². The minimum absolute atomic E-state index is 0.0462. The first kappa shape index (κ1) is 37.0. The summed E-state index contributed by atoms with van der Waals surface area (Å²) in [4.78, 5) is 41.2. The molecule has 2 aromatic carbocycles. The summed E-state index contributed by atoms with van der Waals surface area (Å²) in [5.74, 6) is -2.68. The minimum Gasteiger partial charge on any atom is -0.451 e. The topological polar surface area (TPSA) is 147 Å². The Bertz CT molecular complexity index is 1760. The SMILES string of the molecule is CC(C)C(=O)N[C@H]1C[C@@H](n2cnc3c(NCC(c4ccccc4)c4ccccc4)nc(NCCN4CCCCC4)nc32)[C@H](OC(=O)C(F)(F)F)[C@@H]1O. The van der Waals surface area contributed by atoms with E-state index >= 15 is 0 Å². The molecule has 2 aromatic heterocycles. The number of carbonyl (C=O) groups excluding carboxylic acids is 2. The van der Waals surface area contributed by atoms with Gasteiger partial charge in [0.15, 0.2) is 23.1 Å². The average Bonchev–Trinajstić information content (AvgIpc) is 3.69. The number of rotatable bonds is 13. The number of halogens is 3. The highest BCUT2D eigenvalue weighted by atomic mass is 19.4. The zero-order valence-electron chi connectivity index (χ0n) is 29.2. The zero-order chi connectivity index (χ0) is 36.8. The number of aliphatic hydroxyl groups is 1. The predicted octanol–water partition coefficient (Wildman–Crippen LogP) is 4.89. The molecule has 6 rings (SSSR count). The van der Waals surface area contributed by atoms with Gasteiger partial charge in [-0.1, -0.05) is 80.9 Å². The number of imidazole rings is 1. The summed E-state index contributed by atoms with van der Waals surface area (Å²) in [5, 5.41) is 20.7. The van der Waals surface area contributed by atoms with Crippen LogP contribution in [0.3, 0.4) is 0 Å². The van der Waals surface area contributed by atoms with E-state index < -0.39 is 48.3 Å². The van der Waals surface area contributed by atoms with Gasteiger partial charge in [-0.15, -0.1) is 0 Å². The minimum atomic E-state index is -5.29. The van der Waals surface area contributed by atoms with Crippen LogP contribution in [0.4, 0.5) is 24.9 Å². The Hall–Kier alpha value is -4.76. The van der Waals surface area contributed by atoms with Crippen molar-refractivity contribution in [2.75, 3.05) is 43.4 Å². The van der Waals surface area contributed by atoms with Gasteiger partial charge >= 0.3 is 12.1 Å². The maximum atomic E-state index is 13.4. The molecule has 278 valence electrons. The fraction of sp³-hybridized carbons (Fsp3) is 0.486. The molecule has 2 aliphatic rings. The van der Waals surface area contributed by atoms with Gasteiger partial charge in [-0.05, 0) is 43.5 Å². The van der Waals surface area contributed by atoms with E-state index in [2.05, 4.69) is 50.1 Å². The maximum Gasteiger partial charge on any atom is 0.490 e. The summed E-state index contributed by atoms with van der Waals surface area (Å²) in [6, 6.07) is 18.0. The van der Waals surface area contributed by atoms with Crippen molar-refractivity contribution in [3.63, 3.8) is 0 Å². The van der Waals surface area contributed by atoms with Crippen LogP contribution in [0.15, 0.2) is 67.0 Å². The maximum absolute atomic E-state index is 13.4. The molecule has 2 fully saturated rings. The number of fused-ring (bicyclic) bond motifs is 1. The number of nitrogens with one attached hydrogen (secondary N) is 3. The highest BCUT2D eigenvalue weighted by molar-refractivity contribution is 5.84. The molecular weight excluding hydrogens is 677 g/mol. The second-order valence-electron chi connectivity index (χ2n) is 13.7. The number of carbonyl (C=O) groups is 2. The third-order valence-electron chi connectivity index (χ3n) is 9.77. The van der Waals surface area contributed by atoms with Gasteiger partial charge in [0, 0.05) is 31.5 Å². The van der Waals surface area contributed by atoms with E-state index in [0.29, 0.717) is 24.4 Å².